The number of rotatable bonds is 3. The summed E-state index contributed by atoms with van der Waals surface area (Å²) in [5, 5.41) is 9.50. The molecular weight excluding hydrogens is 368 g/mol. The minimum absolute atomic E-state index is 0.141. The molecule has 168 valence electrons. The molecule has 6 aliphatic carbocycles. The number of hydrogen-bond donors (Lipinski definition) is 1. The fourth-order valence-electron chi connectivity index (χ4n) is 10.5. The first-order chi connectivity index (χ1) is 14.5. The van der Waals surface area contributed by atoms with Crippen molar-refractivity contribution >= 4 is 5.97 Å². The van der Waals surface area contributed by atoms with Crippen LogP contribution in [0.25, 0.3) is 0 Å². The molecule has 11 unspecified atom stereocenters. The first-order valence-corrected chi connectivity index (χ1v) is 13.7. The van der Waals surface area contributed by atoms with Crippen LogP contribution in [0.15, 0.2) is 0 Å². The summed E-state index contributed by atoms with van der Waals surface area (Å²) in [4.78, 5) is 11.5. The molecular formula is C28H44O2. The standard InChI is InChI=1S/C28H44O2/c1-16(27(29)30)18-4-7-20-19(15-18)5-9-22-21(20)10-11-24-23(22)8-3-17-6-12-25(26(17)24)28(2)13-14-28/h16-26H,3-15H2,1-2H3,(H,29,30). The molecule has 0 saturated heterocycles. The van der Waals surface area contributed by atoms with Gasteiger partial charge in [-0.25, -0.2) is 0 Å². The van der Waals surface area contributed by atoms with E-state index in [1.165, 1.54) is 57.8 Å². The van der Waals surface area contributed by atoms with Gasteiger partial charge in [0.15, 0.2) is 0 Å². The molecule has 30 heavy (non-hydrogen) atoms. The average molecular weight is 413 g/mol. The Kier molecular flexibility index (Phi) is 4.85. The SMILES string of the molecule is CC(C(=O)O)C1CCC2C(CCC3C2CCC2C3CCC3CCC(C4(C)CC4)C32)C1. The highest BCUT2D eigenvalue weighted by molar-refractivity contribution is 5.69. The van der Waals surface area contributed by atoms with E-state index in [-0.39, 0.29) is 5.92 Å². The first-order valence-electron chi connectivity index (χ1n) is 13.7. The topological polar surface area (TPSA) is 37.3 Å². The molecule has 2 nitrogen and oxygen atoms in total. The Hall–Kier alpha value is -0.530. The van der Waals surface area contributed by atoms with Crippen LogP contribution in [0.1, 0.15) is 97.3 Å². The van der Waals surface area contributed by atoms with Crippen molar-refractivity contribution in [3.63, 3.8) is 0 Å². The Morgan fingerprint density at radius 2 is 1.33 bits per heavy atom. The van der Waals surface area contributed by atoms with Gasteiger partial charge < -0.3 is 5.11 Å². The minimum Gasteiger partial charge on any atom is -0.481 e. The zero-order valence-corrected chi connectivity index (χ0v) is 19.4. The Balaban J connectivity index is 1.17. The maximum atomic E-state index is 11.5. The zero-order chi connectivity index (χ0) is 20.6. The summed E-state index contributed by atoms with van der Waals surface area (Å²) in [6.45, 7) is 4.58. The fourth-order valence-corrected chi connectivity index (χ4v) is 10.5. The third kappa shape index (κ3) is 3.05. The highest BCUT2D eigenvalue weighted by atomic mass is 16.4. The van der Waals surface area contributed by atoms with Gasteiger partial charge in [0.25, 0.3) is 0 Å². The van der Waals surface area contributed by atoms with Gasteiger partial charge in [0.2, 0.25) is 0 Å². The second-order valence-electron chi connectivity index (χ2n) is 13.2. The van der Waals surface area contributed by atoms with Crippen molar-refractivity contribution in [1.29, 1.82) is 0 Å². The van der Waals surface area contributed by atoms with Crippen LogP contribution in [0.4, 0.5) is 0 Å². The molecule has 6 rings (SSSR count). The third-order valence-corrected chi connectivity index (χ3v) is 12.2. The lowest BCUT2D eigenvalue weighted by Gasteiger charge is -2.58. The van der Waals surface area contributed by atoms with Gasteiger partial charge in [0.05, 0.1) is 5.92 Å². The van der Waals surface area contributed by atoms with E-state index < -0.39 is 5.97 Å². The summed E-state index contributed by atoms with van der Waals surface area (Å²) in [6, 6.07) is 0. The molecule has 2 heteroatoms. The number of hydrogen-bond acceptors (Lipinski definition) is 1. The molecule has 0 amide bonds. The Morgan fingerprint density at radius 3 is 2.07 bits per heavy atom. The van der Waals surface area contributed by atoms with Crippen molar-refractivity contribution in [2.75, 3.05) is 0 Å². The zero-order valence-electron chi connectivity index (χ0n) is 19.4. The normalized spacial score (nSPS) is 52.3. The largest absolute Gasteiger partial charge is 0.481 e. The predicted molar refractivity (Wildman–Crippen MR) is 120 cm³/mol. The molecule has 0 bridgehead atoms. The lowest BCUT2D eigenvalue weighted by molar-refractivity contribution is -0.144. The number of carbonyl (C=O) groups is 1. The fraction of sp³-hybridized carbons (Fsp3) is 0.964. The summed E-state index contributed by atoms with van der Waals surface area (Å²) < 4.78 is 0. The second kappa shape index (κ2) is 7.24. The van der Waals surface area contributed by atoms with Crippen molar-refractivity contribution < 1.29 is 9.90 Å². The van der Waals surface area contributed by atoms with Crippen LogP contribution in [0.5, 0.6) is 0 Å². The van der Waals surface area contributed by atoms with Crippen LogP contribution in [0.2, 0.25) is 0 Å². The van der Waals surface area contributed by atoms with Gasteiger partial charge in [-0.1, -0.05) is 13.8 Å². The van der Waals surface area contributed by atoms with E-state index in [1.54, 1.807) is 25.7 Å². The van der Waals surface area contributed by atoms with E-state index >= 15 is 0 Å². The van der Waals surface area contributed by atoms with E-state index in [2.05, 4.69) is 6.92 Å². The molecule has 0 aromatic carbocycles. The van der Waals surface area contributed by atoms with Crippen molar-refractivity contribution in [3.05, 3.63) is 0 Å². The molecule has 11 atom stereocenters. The summed E-state index contributed by atoms with van der Waals surface area (Å²) in [7, 11) is 0. The molecule has 0 heterocycles. The number of aliphatic carboxylic acids is 1. The van der Waals surface area contributed by atoms with Crippen LogP contribution < -0.4 is 0 Å². The van der Waals surface area contributed by atoms with Crippen molar-refractivity contribution in [3.8, 4) is 0 Å². The van der Waals surface area contributed by atoms with Crippen molar-refractivity contribution in [2.45, 2.75) is 97.3 Å². The quantitative estimate of drug-likeness (QED) is 0.540. The minimum atomic E-state index is -0.570. The first kappa shape index (κ1) is 20.1. The maximum Gasteiger partial charge on any atom is 0.306 e. The number of carboxylic acid groups (broad SMARTS) is 1. The van der Waals surface area contributed by atoms with Gasteiger partial charge in [-0.15, -0.1) is 0 Å². The smallest absolute Gasteiger partial charge is 0.306 e. The summed E-state index contributed by atoms with van der Waals surface area (Å²) in [5.74, 6) is 8.84. The maximum absolute atomic E-state index is 11.5. The number of fused-ring (bicyclic) bond motifs is 7. The highest BCUT2D eigenvalue weighted by Gasteiger charge is 2.59. The molecule has 0 aromatic heterocycles. The predicted octanol–water partition coefficient (Wildman–Crippen LogP) is 7.03. The van der Waals surface area contributed by atoms with Gasteiger partial charge in [-0.05, 0) is 148 Å². The molecule has 6 aliphatic rings. The molecule has 0 spiro atoms. The van der Waals surface area contributed by atoms with E-state index in [1.807, 2.05) is 6.92 Å². The van der Waals surface area contributed by atoms with E-state index in [9.17, 15) is 9.90 Å². The van der Waals surface area contributed by atoms with Crippen LogP contribution >= 0.6 is 0 Å². The molecule has 0 aromatic rings. The molecule has 0 aliphatic heterocycles. The summed E-state index contributed by atoms with van der Waals surface area (Å²) >= 11 is 0. The summed E-state index contributed by atoms with van der Waals surface area (Å²) in [5.41, 5.74) is 0.731. The van der Waals surface area contributed by atoms with E-state index in [4.69, 9.17) is 0 Å². The van der Waals surface area contributed by atoms with Gasteiger partial charge in [0.1, 0.15) is 0 Å². The number of carboxylic acids is 1. The van der Waals surface area contributed by atoms with Crippen molar-refractivity contribution in [2.24, 2.45) is 70.5 Å². The van der Waals surface area contributed by atoms with Crippen LogP contribution in [0, 0.1) is 70.5 Å². The summed E-state index contributed by atoms with van der Waals surface area (Å²) in [6.07, 6.45) is 18.9. The Labute approximate surface area is 184 Å². The Bertz CT molecular complexity index is 680. The second-order valence-corrected chi connectivity index (χ2v) is 13.2. The van der Waals surface area contributed by atoms with Crippen molar-refractivity contribution in [1.82, 2.24) is 0 Å². The Morgan fingerprint density at radius 1 is 0.767 bits per heavy atom. The van der Waals surface area contributed by atoms with Gasteiger partial charge in [-0.2, -0.15) is 0 Å². The lowest BCUT2D eigenvalue weighted by atomic mass is 9.47. The third-order valence-electron chi connectivity index (χ3n) is 12.2. The lowest BCUT2D eigenvalue weighted by Crippen LogP contribution is -2.50. The van der Waals surface area contributed by atoms with Crippen LogP contribution in [-0.2, 0) is 4.79 Å². The molecule has 6 fully saturated rings. The molecule has 6 saturated carbocycles. The molecule has 0 radical (unpaired) electrons. The monoisotopic (exact) mass is 412 g/mol. The van der Waals surface area contributed by atoms with Crippen LogP contribution in [-0.4, -0.2) is 11.1 Å². The average Bonchev–Trinajstić information content (AvgIpc) is 3.34. The van der Waals surface area contributed by atoms with Gasteiger partial charge >= 0.3 is 5.97 Å². The molecule has 1 N–H and O–H groups in total. The van der Waals surface area contributed by atoms with Gasteiger partial charge in [-0.3, -0.25) is 4.79 Å². The van der Waals surface area contributed by atoms with Crippen LogP contribution in [0.3, 0.4) is 0 Å². The highest BCUT2D eigenvalue weighted by Crippen LogP contribution is 2.67. The van der Waals surface area contributed by atoms with Gasteiger partial charge in [0, 0.05) is 0 Å². The van der Waals surface area contributed by atoms with E-state index in [0.29, 0.717) is 5.92 Å². The van der Waals surface area contributed by atoms with E-state index in [0.717, 1.165) is 58.7 Å².